The lowest BCUT2D eigenvalue weighted by Crippen LogP contribution is -2.90. The predicted molar refractivity (Wildman–Crippen MR) is 92.5 cm³/mol. The summed E-state index contributed by atoms with van der Waals surface area (Å²) in [5.74, 6) is 0.682. The van der Waals surface area contributed by atoms with E-state index in [0.717, 1.165) is 12.1 Å². The summed E-state index contributed by atoms with van der Waals surface area (Å²) in [6, 6.07) is 21.7. The van der Waals surface area contributed by atoms with E-state index in [1.807, 2.05) is 12.1 Å². The van der Waals surface area contributed by atoms with E-state index in [9.17, 15) is 5.21 Å². The highest BCUT2D eigenvalue weighted by Crippen LogP contribution is 2.34. The van der Waals surface area contributed by atoms with Gasteiger partial charge in [0.05, 0.1) is 11.6 Å². The maximum absolute atomic E-state index is 9.61. The van der Waals surface area contributed by atoms with E-state index in [1.54, 1.807) is 0 Å². The summed E-state index contributed by atoms with van der Waals surface area (Å²) in [6.45, 7) is 4.42. The normalized spacial score (nSPS) is 26.6. The van der Waals surface area contributed by atoms with E-state index in [4.69, 9.17) is 0 Å². The van der Waals surface area contributed by atoms with Gasteiger partial charge < -0.3 is 10.5 Å². The molecule has 1 fully saturated rings. The third kappa shape index (κ3) is 3.30. The average Bonchev–Trinajstić information content (AvgIpc) is 2.62. The fraction of sp³-hybridized carbons (Fsp3) is 0.350. The zero-order valence-corrected chi connectivity index (χ0v) is 13.8. The maximum Gasteiger partial charge on any atom is 0.121 e. The molecule has 3 atom stereocenters. The number of quaternary nitrogens is 1. The standard InChI is InChI=1S/C20H24N2O/c1-14(2)19-18(22-23)13-17(15-9-5-3-6-10-15)21-20(19)16-11-7-4-8-12-16/h3-12,14,17,19-21,23H,13H2,1-2H3/p+1/b22-18+/t17-,19-,20+/m0/s1. The Bertz CT molecular complexity index is 652. The maximum atomic E-state index is 9.61. The Kier molecular flexibility index (Phi) is 4.77. The molecule has 0 bridgehead atoms. The van der Waals surface area contributed by atoms with E-state index in [0.29, 0.717) is 12.0 Å². The van der Waals surface area contributed by atoms with Crippen LogP contribution in [0.25, 0.3) is 0 Å². The van der Waals surface area contributed by atoms with Gasteiger partial charge in [-0.3, -0.25) is 0 Å². The van der Waals surface area contributed by atoms with Gasteiger partial charge in [-0.05, 0) is 5.92 Å². The Hall–Kier alpha value is -2.13. The van der Waals surface area contributed by atoms with E-state index in [1.165, 1.54) is 11.1 Å². The molecule has 0 saturated carbocycles. The van der Waals surface area contributed by atoms with Gasteiger partial charge in [0, 0.05) is 17.5 Å². The summed E-state index contributed by atoms with van der Waals surface area (Å²) in [4.78, 5) is 0. The number of nitrogens with two attached hydrogens (primary N) is 1. The van der Waals surface area contributed by atoms with Crippen molar-refractivity contribution in [1.82, 2.24) is 0 Å². The topological polar surface area (TPSA) is 49.2 Å². The van der Waals surface area contributed by atoms with Crippen LogP contribution in [-0.4, -0.2) is 10.9 Å². The minimum atomic E-state index is 0.252. The van der Waals surface area contributed by atoms with Crippen molar-refractivity contribution in [2.75, 3.05) is 0 Å². The average molecular weight is 309 g/mol. The molecule has 120 valence electrons. The second-order valence-corrected chi connectivity index (χ2v) is 6.71. The zero-order valence-electron chi connectivity index (χ0n) is 13.8. The van der Waals surface area contributed by atoms with Crippen LogP contribution in [0.2, 0.25) is 0 Å². The fourth-order valence-corrected chi connectivity index (χ4v) is 3.84. The van der Waals surface area contributed by atoms with Crippen molar-refractivity contribution in [1.29, 1.82) is 0 Å². The van der Waals surface area contributed by atoms with Crippen molar-refractivity contribution in [3.63, 3.8) is 0 Å². The van der Waals surface area contributed by atoms with Crippen LogP contribution in [0.3, 0.4) is 0 Å². The molecule has 1 aliphatic heterocycles. The molecule has 2 aromatic rings. The third-order valence-corrected chi connectivity index (χ3v) is 4.90. The molecule has 3 rings (SSSR count). The lowest BCUT2D eigenvalue weighted by Gasteiger charge is -2.37. The zero-order chi connectivity index (χ0) is 16.2. The molecule has 3 N–H and O–H groups in total. The second-order valence-electron chi connectivity index (χ2n) is 6.71. The van der Waals surface area contributed by atoms with Gasteiger partial charge in [-0.25, -0.2) is 0 Å². The molecule has 0 spiro atoms. The van der Waals surface area contributed by atoms with Gasteiger partial charge in [0.15, 0.2) is 0 Å². The van der Waals surface area contributed by atoms with Crippen LogP contribution in [0.15, 0.2) is 65.8 Å². The Balaban J connectivity index is 1.98. The second kappa shape index (κ2) is 6.97. The van der Waals surface area contributed by atoms with Crippen LogP contribution >= 0.6 is 0 Å². The van der Waals surface area contributed by atoms with Gasteiger partial charge >= 0.3 is 0 Å². The first-order valence-electron chi connectivity index (χ1n) is 8.36. The monoisotopic (exact) mass is 309 g/mol. The molecule has 3 heteroatoms. The van der Waals surface area contributed by atoms with E-state index in [2.05, 4.69) is 72.9 Å². The van der Waals surface area contributed by atoms with Gasteiger partial charge in [-0.2, -0.15) is 0 Å². The summed E-state index contributed by atoms with van der Waals surface area (Å²) < 4.78 is 0. The van der Waals surface area contributed by atoms with Crippen molar-refractivity contribution < 1.29 is 10.5 Å². The molecule has 0 aliphatic carbocycles. The Morgan fingerprint density at radius 2 is 1.52 bits per heavy atom. The summed E-state index contributed by atoms with van der Waals surface area (Å²) in [5.41, 5.74) is 3.51. The highest BCUT2D eigenvalue weighted by molar-refractivity contribution is 5.88. The highest BCUT2D eigenvalue weighted by Gasteiger charge is 2.41. The lowest BCUT2D eigenvalue weighted by molar-refractivity contribution is -0.743. The predicted octanol–water partition coefficient (Wildman–Crippen LogP) is 3.54. The van der Waals surface area contributed by atoms with Crippen LogP contribution in [0.4, 0.5) is 0 Å². The van der Waals surface area contributed by atoms with Crippen LogP contribution in [-0.2, 0) is 0 Å². The van der Waals surface area contributed by atoms with Crippen molar-refractivity contribution in [2.45, 2.75) is 32.4 Å². The summed E-state index contributed by atoms with van der Waals surface area (Å²) >= 11 is 0. The molecule has 0 unspecified atom stereocenters. The summed E-state index contributed by atoms with van der Waals surface area (Å²) in [5, 5.41) is 15.8. The first kappa shape index (κ1) is 15.8. The summed E-state index contributed by atoms with van der Waals surface area (Å²) in [7, 11) is 0. The van der Waals surface area contributed by atoms with Crippen LogP contribution < -0.4 is 5.32 Å². The number of rotatable bonds is 3. The molecule has 0 amide bonds. The number of nitrogens with zero attached hydrogens (tertiary/aromatic N) is 1. The molecule has 0 aromatic heterocycles. The highest BCUT2D eigenvalue weighted by atomic mass is 16.4. The smallest absolute Gasteiger partial charge is 0.121 e. The van der Waals surface area contributed by atoms with E-state index >= 15 is 0 Å². The third-order valence-electron chi connectivity index (χ3n) is 4.90. The van der Waals surface area contributed by atoms with Gasteiger partial charge in [0.2, 0.25) is 0 Å². The quantitative estimate of drug-likeness (QED) is 0.661. The van der Waals surface area contributed by atoms with E-state index in [-0.39, 0.29) is 12.0 Å². The number of oxime groups is 1. The molecule has 1 heterocycles. The van der Waals surface area contributed by atoms with Crippen molar-refractivity contribution in [3.8, 4) is 0 Å². The Labute approximate surface area is 138 Å². The van der Waals surface area contributed by atoms with Gasteiger partial charge in [-0.1, -0.05) is 79.7 Å². The number of hydrogen-bond acceptors (Lipinski definition) is 2. The molecule has 3 nitrogen and oxygen atoms in total. The SMILES string of the molecule is CC(C)[C@H]1/C(=N/O)C[C@@H](c2ccccc2)[NH2+][C@@H]1c1ccccc1. The van der Waals surface area contributed by atoms with Crippen LogP contribution in [0.5, 0.6) is 0 Å². The largest absolute Gasteiger partial charge is 0.411 e. The van der Waals surface area contributed by atoms with E-state index < -0.39 is 0 Å². The van der Waals surface area contributed by atoms with Crippen molar-refractivity contribution in [2.24, 2.45) is 17.0 Å². The molecule has 1 saturated heterocycles. The number of piperidine rings is 1. The van der Waals surface area contributed by atoms with Gasteiger partial charge in [0.25, 0.3) is 0 Å². The Morgan fingerprint density at radius 1 is 0.957 bits per heavy atom. The lowest BCUT2D eigenvalue weighted by atomic mass is 9.75. The first-order valence-corrected chi connectivity index (χ1v) is 8.36. The molecular formula is C20H25N2O+. The van der Waals surface area contributed by atoms with Crippen LogP contribution in [0, 0.1) is 11.8 Å². The molecule has 23 heavy (non-hydrogen) atoms. The van der Waals surface area contributed by atoms with Gasteiger partial charge in [-0.15, -0.1) is 0 Å². The van der Waals surface area contributed by atoms with Crippen molar-refractivity contribution in [3.05, 3.63) is 71.8 Å². The minimum Gasteiger partial charge on any atom is -0.411 e. The summed E-state index contributed by atoms with van der Waals surface area (Å²) in [6.07, 6.45) is 0.798. The fourth-order valence-electron chi connectivity index (χ4n) is 3.84. The van der Waals surface area contributed by atoms with Gasteiger partial charge in [0.1, 0.15) is 12.1 Å². The molecular weight excluding hydrogens is 284 g/mol. The first-order chi connectivity index (χ1) is 11.2. The number of benzene rings is 2. The van der Waals surface area contributed by atoms with Crippen LogP contribution in [0.1, 0.15) is 43.5 Å². The molecule has 2 aromatic carbocycles. The Morgan fingerprint density at radius 3 is 2.04 bits per heavy atom. The van der Waals surface area contributed by atoms with Crippen molar-refractivity contribution >= 4 is 5.71 Å². The molecule has 0 radical (unpaired) electrons. The molecule has 1 aliphatic rings. The number of hydrogen-bond donors (Lipinski definition) is 2. The minimum absolute atomic E-state index is 0.252.